The van der Waals surface area contributed by atoms with Crippen molar-refractivity contribution in [1.82, 2.24) is 4.90 Å². The Bertz CT molecular complexity index is 824. The van der Waals surface area contributed by atoms with Gasteiger partial charge in [0.2, 0.25) is 11.8 Å². The van der Waals surface area contributed by atoms with E-state index in [1.54, 1.807) is 0 Å². The smallest absolute Gasteiger partial charge is 0.239 e. The molecular weight excluding hydrogens is 300 g/mol. The first-order chi connectivity index (χ1) is 11.6. The summed E-state index contributed by atoms with van der Waals surface area (Å²) in [7, 11) is 2.03. The standard InChI is InChI=1S/C20H18N2O2/c1-11-7-9-12(10-8-11)22-19(23)15-16(20(22)24)18-14-6-4-3-5-13(14)17(15)21(18)2/h3-10,15-18H,1-2H3/t15-,16+,17-,18+. The lowest BCUT2D eigenvalue weighted by Gasteiger charge is -2.22. The van der Waals surface area contributed by atoms with E-state index in [9.17, 15) is 9.59 Å². The van der Waals surface area contributed by atoms with Crippen molar-refractivity contribution in [3.63, 3.8) is 0 Å². The number of anilines is 1. The quantitative estimate of drug-likeness (QED) is 0.759. The van der Waals surface area contributed by atoms with Gasteiger partial charge in [-0.05, 0) is 37.2 Å². The highest BCUT2D eigenvalue weighted by Gasteiger charge is 2.65. The molecule has 2 fully saturated rings. The Kier molecular flexibility index (Phi) is 2.64. The molecule has 0 aromatic heterocycles. The second-order valence-electron chi connectivity index (χ2n) is 7.08. The zero-order valence-electron chi connectivity index (χ0n) is 13.6. The zero-order valence-corrected chi connectivity index (χ0v) is 13.6. The Morgan fingerprint density at radius 3 is 1.79 bits per heavy atom. The lowest BCUT2D eigenvalue weighted by atomic mass is 9.77. The molecule has 0 radical (unpaired) electrons. The van der Waals surface area contributed by atoms with Crippen LogP contribution in [0.4, 0.5) is 5.69 Å². The number of nitrogens with zero attached hydrogens (tertiary/aromatic N) is 2. The Morgan fingerprint density at radius 2 is 1.29 bits per heavy atom. The van der Waals surface area contributed by atoms with E-state index >= 15 is 0 Å². The number of carbonyl (C=O) groups excluding carboxylic acids is 2. The number of benzene rings is 2. The molecule has 0 saturated carbocycles. The van der Waals surface area contributed by atoms with Crippen molar-refractivity contribution in [3.05, 3.63) is 65.2 Å². The molecule has 2 amide bonds. The number of carbonyl (C=O) groups is 2. The van der Waals surface area contributed by atoms with Gasteiger partial charge in [-0.25, -0.2) is 4.90 Å². The Labute approximate surface area is 140 Å². The average molecular weight is 318 g/mol. The molecule has 4 nitrogen and oxygen atoms in total. The first-order valence-electron chi connectivity index (χ1n) is 8.35. The fourth-order valence-electron chi connectivity index (χ4n) is 4.88. The number of hydrogen-bond acceptors (Lipinski definition) is 3. The maximum Gasteiger partial charge on any atom is 0.239 e. The molecule has 0 spiro atoms. The topological polar surface area (TPSA) is 40.6 Å². The molecule has 3 aliphatic rings. The van der Waals surface area contributed by atoms with Crippen LogP contribution in [-0.2, 0) is 9.59 Å². The first kappa shape index (κ1) is 13.9. The van der Waals surface area contributed by atoms with Gasteiger partial charge in [-0.3, -0.25) is 14.5 Å². The minimum atomic E-state index is -0.260. The average Bonchev–Trinajstić information content (AvgIpc) is 3.14. The zero-order chi connectivity index (χ0) is 16.6. The van der Waals surface area contributed by atoms with E-state index in [0.29, 0.717) is 5.69 Å². The summed E-state index contributed by atoms with van der Waals surface area (Å²) < 4.78 is 0. The maximum absolute atomic E-state index is 13.1. The van der Waals surface area contributed by atoms with Gasteiger partial charge in [-0.15, -0.1) is 0 Å². The third-order valence-corrected chi connectivity index (χ3v) is 5.88. The number of rotatable bonds is 1. The van der Waals surface area contributed by atoms with Gasteiger partial charge in [0.05, 0.1) is 17.5 Å². The Balaban J connectivity index is 1.61. The lowest BCUT2D eigenvalue weighted by molar-refractivity contribution is -0.123. The summed E-state index contributed by atoms with van der Waals surface area (Å²) >= 11 is 0. The molecule has 3 heterocycles. The highest BCUT2D eigenvalue weighted by atomic mass is 16.2. The molecule has 2 bridgehead atoms. The second-order valence-corrected chi connectivity index (χ2v) is 7.08. The predicted molar refractivity (Wildman–Crippen MR) is 90.3 cm³/mol. The van der Waals surface area contributed by atoms with Crippen molar-refractivity contribution in [3.8, 4) is 0 Å². The van der Waals surface area contributed by atoms with Crippen LogP contribution in [0.2, 0.25) is 0 Å². The molecule has 2 aromatic rings. The third kappa shape index (κ3) is 1.52. The molecule has 5 rings (SSSR count). The van der Waals surface area contributed by atoms with Crippen LogP contribution in [0.3, 0.4) is 0 Å². The summed E-state index contributed by atoms with van der Waals surface area (Å²) in [5, 5.41) is 0. The van der Waals surface area contributed by atoms with E-state index in [1.807, 2.05) is 50.4 Å². The molecule has 24 heavy (non-hydrogen) atoms. The number of amides is 2. The van der Waals surface area contributed by atoms with Crippen LogP contribution in [0, 0.1) is 18.8 Å². The number of aryl methyl sites for hydroxylation is 1. The molecule has 0 unspecified atom stereocenters. The van der Waals surface area contributed by atoms with Crippen molar-refractivity contribution in [2.75, 3.05) is 11.9 Å². The molecular formula is C20H18N2O2. The van der Waals surface area contributed by atoms with E-state index in [2.05, 4.69) is 17.0 Å². The molecule has 120 valence electrons. The van der Waals surface area contributed by atoms with Gasteiger partial charge in [0.25, 0.3) is 0 Å². The minimum Gasteiger partial charge on any atom is -0.291 e. The molecule has 0 N–H and O–H groups in total. The van der Waals surface area contributed by atoms with Crippen molar-refractivity contribution in [1.29, 1.82) is 0 Å². The van der Waals surface area contributed by atoms with E-state index in [1.165, 1.54) is 16.0 Å². The minimum absolute atomic E-state index is 0.0168. The van der Waals surface area contributed by atoms with Crippen LogP contribution in [0.1, 0.15) is 28.8 Å². The van der Waals surface area contributed by atoms with Crippen molar-refractivity contribution < 1.29 is 9.59 Å². The molecule has 3 aliphatic heterocycles. The Hall–Kier alpha value is -2.46. The van der Waals surface area contributed by atoms with Gasteiger partial charge in [-0.2, -0.15) is 0 Å². The summed E-state index contributed by atoms with van der Waals surface area (Å²) in [5.41, 5.74) is 4.22. The third-order valence-electron chi connectivity index (χ3n) is 5.88. The van der Waals surface area contributed by atoms with E-state index < -0.39 is 0 Å². The lowest BCUT2D eigenvalue weighted by Crippen LogP contribution is -2.35. The Morgan fingerprint density at radius 1 is 0.792 bits per heavy atom. The second kappa shape index (κ2) is 4.54. The van der Waals surface area contributed by atoms with Crippen LogP contribution < -0.4 is 4.90 Å². The number of fused-ring (bicyclic) bond motifs is 8. The van der Waals surface area contributed by atoms with Crippen LogP contribution in [-0.4, -0.2) is 23.8 Å². The molecule has 2 aromatic carbocycles. The SMILES string of the molecule is Cc1ccc(N2C(=O)[C@@H]3[C@H](C2=O)[C@@H]2c4ccccc4[C@H]3N2C)cc1. The van der Waals surface area contributed by atoms with Gasteiger partial charge in [0.1, 0.15) is 0 Å². The van der Waals surface area contributed by atoms with Crippen LogP contribution in [0.15, 0.2) is 48.5 Å². The van der Waals surface area contributed by atoms with Crippen molar-refractivity contribution >= 4 is 17.5 Å². The highest BCUT2D eigenvalue weighted by Crippen LogP contribution is 2.61. The van der Waals surface area contributed by atoms with Crippen LogP contribution in [0.25, 0.3) is 0 Å². The van der Waals surface area contributed by atoms with E-state index in [4.69, 9.17) is 0 Å². The van der Waals surface area contributed by atoms with Crippen molar-refractivity contribution in [2.45, 2.75) is 19.0 Å². The molecule has 0 aliphatic carbocycles. The number of hydrogen-bond donors (Lipinski definition) is 0. The van der Waals surface area contributed by atoms with E-state index in [-0.39, 0.29) is 35.7 Å². The molecule has 4 atom stereocenters. The summed E-state index contributed by atoms with van der Waals surface area (Å²) in [5.74, 6) is -0.627. The summed E-state index contributed by atoms with van der Waals surface area (Å²) in [6, 6.07) is 15.9. The first-order valence-corrected chi connectivity index (χ1v) is 8.35. The number of imide groups is 1. The molecule has 2 saturated heterocycles. The molecule has 4 heteroatoms. The van der Waals surface area contributed by atoms with Gasteiger partial charge in [-0.1, -0.05) is 42.0 Å². The summed E-state index contributed by atoms with van der Waals surface area (Å²) in [4.78, 5) is 29.8. The van der Waals surface area contributed by atoms with Gasteiger partial charge in [0, 0.05) is 12.1 Å². The fraction of sp³-hybridized carbons (Fsp3) is 0.300. The summed E-state index contributed by atoms with van der Waals surface area (Å²) in [6.07, 6.45) is 0. The largest absolute Gasteiger partial charge is 0.291 e. The van der Waals surface area contributed by atoms with Gasteiger partial charge in [0.15, 0.2) is 0 Å². The van der Waals surface area contributed by atoms with E-state index in [0.717, 1.165) is 5.56 Å². The predicted octanol–water partition coefficient (Wildman–Crippen LogP) is 2.84. The monoisotopic (exact) mass is 318 g/mol. The van der Waals surface area contributed by atoms with Gasteiger partial charge >= 0.3 is 0 Å². The fourth-order valence-corrected chi connectivity index (χ4v) is 4.88. The van der Waals surface area contributed by atoms with Crippen LogP contribution >= 0.6 is 0 Å². The van der Waals surface area contributed by atoms with Gasteiger partial charge < -0.3 is 0 Å². The van der Waals surface area contributed by atoms with Crippen LogP contribution in [0.5, 0.6) is 0 Å². The summed E-state index contributed by atoms with van der Waals surface area (Å²) in [6.45, 7) is 2.00. The maximum atomic E-state index is 13.1. The highest BCUT2D eigenvalue weighted by molar-refractivity contribution is 6.23. The van der Waals surface area contributed by atoms with Crippen molar-refractivity contribution in [2.24, 2.45) is 11.8 Å². The normalized spacial score (nSPS) is 30.8.